The van der Waals surface area contributed by atoms with Crippen molar-refractivity contribution in [2.45, 2.75) is 20.4 Å². The molecule has 0 unspecified atom stereocenters. The van der Waals surface area contributed by atoms with Gasteiger partial charge in [-0.2, -0.15) is 0 Å². The van der Waals surface area contributed by atoms with Crippen LogP contribution < -0.4 is 10.6 Å². The van der Waals surface area contributed by atoms with Crippen molar-refractivity contribution in [2.24, 2.45) is 0 Å². The zero-order valence-electron chi connectivity index (χ0n) is 13.6. The highest BCUT2D eigenvalue weighted by atomic mass is 16.5. The summed E-state index contributed by atoms with van der Waals surface area (Å²) in [7, 11) is 0. The van der Waals surface area contributed by atoms with Crippen LogP contribution in [0.25, 0.3) is 11.1 Å². The van der Waals surface area contributed by atoms with Gasteiger partial charge in [0.2, 0.25) is 5.91 Å². The van der Waals surface area contributed by atoms with Gasteiger partial charge in [0.05, 0.1) is 12.8 Å². The molecule has 2 aromatic heterocycles. The van der Waals surface area contributed by atoms with E-state index < -0.39 is 6.09 Å². The van der Waals surface area contributed by atoms with Crippen LogP contribution in [0.3, 0.4) is 0 Å². The summed E-state index contributed by atoms with van der Waals surface area (Å²) in [5.74, 6) is 0.454. The number of aromatic nitrogens is 4. The molecule has 0 saturated heterocycles. The largest absolute Gasteiger partial charge is 0.450 e. The quantitative estimate of drug-likeness (QED) is 0.724. The van der Waals surface area contributed by atoms with Crippen LogP contribution in [0.1, 0.15) is 12.8 Å². The third-order valence-electron chi connectivity index (χ3n) is 3.13. The van der Waals surface area contributed by atoms with Crippen LogP contribution in [0.15, 0.2) is 28.8 Å². The fraction of sp³-hybridized carbons (Fsp3) is 0.267. The number of nitrogens with one attached hydrogen (secondary N) is 2. The Morgan fingerprint density at radius 3 is 2.96 bits per heavy atom. The molecule has 0 saturated carbocycles. The van der Waals surface area contributed by atoms with Crippen LogP contribution in [-0.4, -0.2) is 38.6 Å². The van der Waals surface area contributed by atoms with E-state index in [0.717, 1.165) is 5.52 Å². The lowest BCUT2D eigenvalue weighted by molar-refractivity contribution is -0.116. The van der Waals surface area contributed by atoms with Crippen molar-refractivity contribution >= 4 is 34.6 Å². The third kappa shape index (κ3) is 4.10. The Hall–Kier alpha value is -3.43. The highest BCUT2D eigenvalue weighted by Crippen LogP contribution is 2.19. The number of oxazole rings is 1. The van der Waals surface area contributed by atoms with Gasteiger partial charge in [-0.3, -0.25) is 10.1 Å². The van der Waals surface area contributed by atoms with Gasteiger partial charge in [0.15, 0.2) is 17.3 Å². The first kappa shape index (κ1) is 16.4. The molecular formula is C15H16N6O4. The van der Waals surface area contributed by atoms with E-state index in [1.54, 1.807) is 32.0 Å². The van der Waals surface area contributed by atoms with Crippen molar-refractivity contribution in [1.82, 2.24) is 20.0 Å². The number of hydrogen-bond acceptors (Lipinski definition) is 7. The van der Waals surface area contributed by atoms with Crippen LogP contribution in [-0.2, 0) is 16.1 Å². The molecule has 2 N–H and O–H groups in total. The molecule has 130 valence electrons. The molecule has 0 aliphatic carbocycles. The zero-order valence-corrected chi connectivity index (χ0v) is 13.6. The van der Waals surface area contributed by atoms with Crippen LogP contribution in [0.4, 0.5) is 16.3 Å². The zero-order chi connectivity index (χ0) is 17.8. The van der Waals surface area contributed by atoms with E-state index in [0.29, 0.717) is 17.2 Å². The Kier molecular flexibility index (Phi) is 4.59. The van der Waals surface area contributed by atoms with Gasteiger partial charge in [0, 0.05) is 18.7 Å². The maximum Gasteiger partial charge on any atom is 0.412 e. The molecule has 0 radical (unpaired) electrons. The summed E-state index contributed by atoms with van der Waals surface area (Å²) >= 11 is 0. The number of benzene rings is 1. The highest BCUT2D eigenvalue weighted by Gasteiger charge is 2.10. The number of hydrogen-bond donors (Lipinski definition) is 2. The smallest absolute Gasteiger partial charge is 0.412 e. The normalized spacial score (nSPS) is 10.6. The summed E-state index contributed by atoms with van der Waals surface area (Å²) < 4.78 is 11.5. The fourth-order valence-electron chi connectivity index (χ4n) is 2.17. The van der Waals surface area contributed by atoms with Gasteiger partial charge in [0.25, 0.3) is 0 Å². The van der Waals surface area contributed by atoms with Gasteiger partial charge in [-0.05, 0) is 19.1 Å². The first-order valence-corrected chi connectivity index (χ1v) is 7.54. The Balaban J connectivity index is 1.60. The number of ether oxygens (including phenoxy) is 1. The SMILES string of the molecule is CCOC(=O)Nc1cn(CC(=O)Nc2ccc3nc(C)oc3c2)nn1. The molecule has 0 spiro atoms. The molecular weight excluding hydrogens is 328 g/mol. The van der Waals surface area contributed by atoms with Crippen molar-refractivity contribution in [3.63, 3.8) is 0 Å². The van der Waals surface area contributed by atoms with Crippen molar-refractivity contribution < 1.29 is 18.7 Å². The molecule has 25 heavy (non-hydrogen) atoms. The maximum atomic E-state index is 12.1. The second-order valence-corrected chi connectivity index (χ2v) is 5.11. The van der Waals surface area contributed by atoms with Crippen LogP contribution in [0.5, 0.6) is 0 Å². The first-order valence-electron chi connectivity index (χ1n) is 7.54. The molecule has 0 atom stereocenters. The number of nitrogens with zero attached hydrogens (tertiary/aromatic N) is 4. The predicted octanol–water partition coefficient (Wildman–Crippen LogP) is 1.93. The Morgan fingerprint density at radius 1 is 1.32 bits per heavy atom. The standard InChI is InChI=1S/C15H16N6O4/c1-3-24-15(23)18-13-7-21(20-19-13)8-14(22)17-10-4-5-11-12(6-10)25-9(2)16-11/h4-7H,3,8H2,1-2H3,(H,17,22)(H,18,23). The summed E-state index contributed by atoms with van der Waals surface area (Å²) in [6, 6.07) is 5.19. The number of anilines is 2. The Morgan fingerprint density at radius 2 is 2.16 bits per heavy atom. The van der Waals surface area contributed by atoms with Crippen LogP contribution in [0, 0.1) is 6.92 Å². The molecule has 2 heterocycles. The summed E-state index contributed by atoms with van der Waals surface area (Å²) in [4.78, 5) is 27.6. The number of carbonyl (C=O) groups excluding carboxylic acids is 2. The minimum atomic E-state index is -0.630. The number of amides is 2. The van der Waals surface area contributed by atoms with Gasteiger partial charge in [-0.25, -0.2) is 14.5 Å². The van der Waals surface area contributed by atoms with E-state index in [-0.39, 0.29) is 24.9 Å². The Bertz CT molecular complexity index is 916. The van der Waals surface area contributed by atoms with E-state index in [4.69, 9.17) is 9.15 Å². The molecule has 3 aromatic rings. The summed E-state index contributed by atoms with van der Waals surface area (Å²) in [5.41, 5.74) is 1.90. The third-order valence-corrected chi connectivity index (χ3v) is 3.13. The van der Waals surface area contributed by atoms with Crippen LogP contribution in [0.2, 0.25) is 0 Å². The van der Waals surface area contributed by atoms with Crippen molar-refractivity contribution in [2.75, 3.05) is 17.2 Å². The van der Waals surface area contributed by atoms with Crippen molar-refractivity contribution in [1.29, 1.82) is 0 Å². The first-order chi connectivity index (χ1) is 12.0. The summed E-state index contributed by atoms with van der Waals surface area (Å²) in [5, 5.41) is 12.6. The van der Waals surface area contributed by atoms with E-state index in [1.807, 2.05) is 0 Å². The minimum Gasteiger partial charge on any atom is -0.450 e. The molecule has 10 heteroatoms. The maximum absolute atomic E-state index is 12.1. The van der Waals surface area contributed by atoms with E-state index in [9.17, 15) is 9.59 Å². The Labute approximate surface area is 142 Å². The molecule has 2 amide bonds. The molecule has 10 nitrogen and oxygen atoms in total. The molecule has 0 aliphatic rings. The average Bonchev–Trinajstić information content (AvgIpc) is 3.12. The van der Waals surface area contributed by atoms with Gasteiger partial charge >= 0.3 is 6.09 Å². The highest BCUT2D eigenvalue weighted by molar-refractivity contribution is 5.92. The lowest BCUT2D eigenvalue weighted by atomic mass is 10.3. The van der Waals surface area contributed by atoms with Crippen molar-refractivity contribution in [3.05, 3.63) is 30.3 Å². The van der Waals surface area contributed by atoms with Gasteiger partial charge < -0.3 is 14.5 Å². The molecule has 1 aromatic carbocycles. The number of carbonyl (C=O) groups is 2. The fourth-order valence-corrected chi connectivity index (χ4v) is 2.17. The summed E-state index contributed by atoms with van der Waals surface area (Å²) in [6.07, 6.45) is 0.800. The van der Waals surface area contributed by atoms with Crippen LogP contribution >= 0.6 is 0 Å². The summed E-state index contributed by atoms with van der Waals surface area (Å²) in [6.45, 7) is 3.63. The van der Waals surface area contributed by atoms with E-state index in [1.165, 1.54) is 10.9 Å². The minimum absolute atomic E-state index is 0.0645. The lowest BCUT2D eigenvalue weighted by Crippen LogP contribution is -2.19. The molecule has 3 rings (SSSR count). The van der Waals surface area contributed by atoms with Gasteiger partial charge in [-0.15, -0.1) is 5.10 Å². The number of aryl methyl sites for hydroxylation is 1. The molecule has 0 fully saturated rings. The monoisotopic (exact) mass is 344 g/mol. The number of fused-ring (bicyclic) bond motifs is 1. The molecule has 0 bridgehead atoms. The molecule has 0 aliphatic heterocycles. The second kappa shape index (κ2) is 6.99. The van der Waals surface area contributed by atoms with E-state index >= 15 is 0 Å². The average molecular weight is 344 g/mol. The van der Waals surface area contributed by atoms with Crippen molar-refractivity contribution in [3.8, 4) is 0 Å². The van der Waals surface area contributed by atoms with E-state index in [2.05, 4.69) is 25.9 Å². The van der Waals surface area contributed by atoms with Gasteiger partial charge in [-0.1, -0.05) is 5.21 Å². The van der Waals surface area contributed by atoms with Gasteiger partial charge in [0.1, 0.15) is 12.1 Å². The topological polar surface area (TPSA) is 124 Å². The number of rotatable bonds is 5. The predicted molar refractivity (Wildman–Crippen MR) is 88.0 cm³/mol. The lowest BCUT2D eigenvalue weighted by Gasteiger charge is -2.04. The second-order valence-electron chi connectivity index (χ2n) is 5.11.